The first-order chi connectivity index (χ1) is 16.8. The number of rotatable bonds is 9. The number of hydrogen-bond donors (Lipinski definition) is 1. The van der Waals surface area contributed by atoms with Gasteiger partial charge in [0.2, 0.25) is 27.7 Å². The molecule has 4 heterocycles. The number of nitrogens with zero attached hydrogens (tertiary/aromatic N) is 7. The maximum atomic E-state index is 13.4. The van der Waals surface area contributed by atoms with Crippen LogP contribution in [0.3, 0.4) is 0 Å². The predicted octanol–water partition coefficient (Wildman–Crippen LogP) is 1.96. The molecule has 3 atom stereocenters. The molecule has 13 nitrogen and oxygen atoms in total. The third kappa shape index (κ3) is 4.89. The molecule has 4 rings (SSSR count). The fraction of sp³-hybridized carbons (Fsp3) is 0.524. The van der Waals surface area contributed by atoms with Gasteiger partial charge in [-0.3, -0.25) is 9.29 Å². The molecule has 35 heavy (non-hydrogen) atoms. The van der Waals surface area contributed by atoms with E-state index in [0.29, 0.717) is 24.7 Å². The van der Waals surface area contributed by atoms with Crippen LogP contribution in [0.1, 0.15) is 55.9 Å². The summed E-state index contributed by atoms with van der Waals surface area (Å²) in [7, 11) is -1.09. The fourth-order valence-electron chi connectivity index (χ4n) is 3.75. The van der Waals surface area contributed by atoms with E-state index in [0.717, 1.165) is 12.0 Å². The Morgan fingerprint density at radius 3 is 2.31 bits per heavy atom. The van der Waals surface area contributed by atoms with Crippen molar-refractivity contribution in [2.75, 3.05) is 25.5 Å². The fourth-order valence-corrected chi connectivity index (χ4v) is 4.98. The zero-order chi connectivity index (χ0) is 25.2. The highest BCUT2D eigenvalue weighted by atomic mass is 32.2. The minimum Gasteiger partial charge on any atom is -0.479 e. The van der Waals surface area contributed by atoms with Gasteiger partial charge in [0.05, 0.1) is 19.5 Å². The lowest BCUT2D eigenvalue weighted by molar-refractivity contribution is 0.103. The lowest BCUT2D eigenvalue weighted by atomic mass is 10.1. The number of nitrogens with one attached hydrogen (secondary N) is 1. The molecule has 1 aliphatic rings. The van der Waals surface area contributed by atoms with Crippen molar-refractivity contribution >= 4 is 16.0 Å². The molecular formula is C21H28N8O5S. The Bertz CT molecular complexity index is 1250. The van der Waals surface area contributed by atoms with E-state index < -0.39 is 27.3 Å². The quantitative estimate of drug-likeness (QED) is 0.454. The highest BCUT2D eigenvalue weighted by Crippen LogP contribution is 2.37. The van der Waals surface area contributed by atoms with Crippen molar-refractivity contribution < 1.29 is 22.6 Å². The van der Waals surface area contributed by atoms with Gasteiger partial charge in [-0.25, -0.2) is 18.4 Å². The van der Waals surface area contributed by atoms with Crippen LogP contribution in [-0.2, 0) is 14.8 Å². The first-order valence-corrected chi connectivity index (χ1v) is 12.6. The van der Waals surface area contributed by atoms with Crippen molar-refractivity contribution in [3.05, 3.63) is 35.9 Å². The summed E-state index contributed by atoms with van der Waals surface area (Å²) >= 11 is 0. The number of aromatic nitrogens is 7. The molecule has 0 bridgehead atoms. The van der Waals surface area contributed by atoms with Crippen LogP contribution in [0.25, 0.3) is 5.69 Å². The van der Waals surface area contributed by atoms with Gasteiger partial charge in [-0.1, -0.05) is 6.92 Å². The van der Waals surface area contributed by atoms with E-state index in [1.165, 1.54) is 25.1 Å². The maximum absolute atomic E-state index is 13.4. The van der Waals surface area contributed by atoms with E-state index >= 15 is 0 Å². The molecule has 1 fully saturated rings. The molecule has 3 aromatic heterocycles. The second-order valence-corrected chi connectivity index (χ2v) is 10.3. The zero-order valence-corrected chi connectivity index (χ0v) is 21.0. The van der Waals surface area contributed by atoms with Gasteiger partial charge in [-0.15, -0.1) is 10.2 Å². The van der Waals surface area contributed by atoms with Crippen molar-refractivity contribution in [1.29, 1.82) is 0 Å². The van der Waals surface area contributed by atoms with Crippen LogP contribution in [0.2, 0.25) is 0 Å². The molecule has 1 aliphatic heterocycles. The Labute approximate surface area is 203 Å². The number of methoxy groups -OCH3 is 2. The number of sulfonamides is 1. The van der Waals surface area contributed by atoms with Crippen molar-refractivity contribution in [1.82, 2.24) is 34.7 Å². The van der Waals surface area contributed by atoms with Gasteiger partial charge < -0.3 is 14.2 Å². The lowest BCUT2D eigenvalue weighted by Gasteiger charge is -2.21. The summed E-state index contributed by atoms with van der Waals surface area (Å²) in [5, 5.41) is 7.50. The Kier molecular flexibility index (Phi) is 7.12. The van der Waals surface area contributed by atoms with E-state index in [4.69, 9.17) is 14.2 Å². The van der Waals surface area contributed by atoms with E-state index in [1.807, 2.05) is 6.92 Å². The first-order valence-electron chi connectivity index (χ1n) is 11.1. The Hall–Kier alpha value is -3.39. The van der Waals surface area contributed by atoms with Crippen LogP contribution in [0.4, 0.5) is 5.95 Å². The molecule has 188 valence electrons. The third-order valence-electron chi connectivity index (χ3n) is 5.91. The van der Waals surface area contributed by atoms with Crippen molar-refractivity contribution in [2.24, 2.45) is 0 Å². The average Bonchev–Trinajstić information content (AvgIpc) is 3.52. The molecule has 1 saturated heterocycles. The average molecular weight is 505 g/mol. The van der Waals surface area contributed by atoms with Gasteiger partial charge in [0.15, 0.2) is 11.5 Å². The van der Waals surface area contributed by atoms with Crippen molar-refractivity contribution in [3.8, 4) is 17.4 Å². The number of aryl methyl sites for hydroxylation is 1. The summed E-state index contributed by atoms with van der Waals surface area (Å²) in [5.74, 6) is 0.567. The summed E-state index contributed by atoms with van der Waals surface area (Å²) < 4.78 is 47.6. The van der Waals surface area contributed by atoms with E-state index in [-0.39, 0.29) is 23.4 Å². The first kappa shape index (κ1) is 24.7. The number of hydrogen-bond acceptors (Lipinski definition) is 11. The molecule has 0 aliphatic carbocycles. The minimum atomic E-state index is -3.97. The van der Waals surface area contributed by atoms with Crippen LogP contribution in [0.5, 0.6) is 11.8 Å². The standard InChI is InChI=1S/C21H28N8O5S/c1-12-9-22-17(23-10-12)13(2)14(3)35(30,31)28-21-27-26-18(15-7-6-8-34-15)29(21)16-19(32-4)24-11-25-20(16)33-5/h9-11,13-15H,6-8H2,1-5H3,(H,27,28)/t13-,14-,15?/m0/s1. The summed E-state index contributed by atoms with van der Waals surface area (Å²) in [5.41, 5.74) is 1.14. The largest absolute Gasteiger partial charge is 0.479 e. The van der Waals surface area contributed by atoms with E-state index in [9.17, 15) is 8.42 Å². The molecule has 0 radical (unpaired) electrons. The predicted molar refractivity (Wildman–Crippen MR) is 125 cm³/mol. The molecule has 0 amide bonds. The Balaban J connectivity index is 1.76. The summed E-state index contributed by atoms with van der Waals surface area (Å²) in [6.45, 7) is 5.77. The Morgan fingerprint density at radius 1 is 1.09 bits per heavy atom. The summed E-state index contributed by atoms with van der Waals surface area (Å²) in [6.07, 6.45) is 5.73. The van der Waals surface area contributed by atoms with Crippen molar-refractivity contribution in [3.63, 3.8) is 0 Å². The molecule has 3 aromatic rings. The second kappa shape index (κ2) is 10.1. The molecule has 0 saturated carbocycles. The van der Waals surface area contributed by atoms with Crippen LogP contribution in [0, 0.1) is 6.92 Å². The lowest BCUT2D eigenvalue weighted by Crippen LogP contribution is -2.31. The maximum Gasteiger partial charge on any atom is 0.245 e. The van der Waals surface area contributed by atoms with Gasteiger partial charge in [-0.05, 0) is 32.3 Å². The van der Waals surface area contributed by atoms with Gasteiger partial charge in [-0.2, -0.15) is 9.97 Å². The number of anilines is 1. The monoisotopic (exact) mass is 504 g/mol. The highest BCUT2D eigenvalue weighted by Gasteiger charge is 2.34. The molecular weight excluding hydrogens is 476 g/mol. The normalized spacial score (nSPS) is 17.7. The van der Waals surface area contributed by atoms with Crippen LogP contribution in [-0.4, -0.2) is 69.2 Å². The van der Waals surface area contributed by atoms with Gasteiger partial charge in [0, 0.05) is 24.9 Å². The molecule has 0 aromatic carbocycles. The van der Waals surface area contributed by atoms with Gasteiger partial charge >= 0.3 is 0 Å². The van der Waals surface area contributed by atoms with Crippen LogP contribution in [0.15, 0.2) is 18.7 Å². The van der Waals surface area contributed by atoms with Crippen LogP contribution < -0.4 is 14.2 Å². The van der Waals surface area contributed by atoms with Crippen molar-refractivity contribution in [2.45, 2.75) is 50.9 Å². The van der Waals surface area contributed by atoms with Gasteiger partial charge in [0.25, 0.3) is 0 Å². The molecule has 1 unspecified atom stereocenters. The molecule has 0 spiro atoms. The smallest absolute Gasteiger partial charge is 0.245 e. The van der Waals surface area contributed by atoms with Gasteiger partial charge in [0.1, 0.15) is 18.3 Å². The highest BCUT2D eigenvalue weighted by molar-refractivity contribution is 7.93. The van der Waals surface area contributed by atoms with Crippen LogP contribution >= 0.6 is 0 Å². The second-order valence-electron chi connectivity index (χ2n) is 8.22. The number of ether oxygens (including phenoxy) is 3. The molecule has 14 heteroatoms. The SMILES string of the molecule is COc1ncnc(OC)c1-n1c(NS(=O)(=O)[C@@H](C)[C@H](C)c2ncc(C)cn2)nnc1C1CCCO1. The van der Waals surface area contributed by atoms with E-state index in [2.05, 4.69) is 34.9 Å². The Morgan fingerprint density at radius 2 is 1.74 bits per heavy atom. The third-order valence-corrected chi connectivity index (χ3v) is 7.76. The van der Waals surface area contributed by atoms with E-state index in [1.54, 1.807) is 26.2 Å². The summed E-state index contributed by atoms with van der Waals surface area (Å²) in [6, 6.07) is 0. The summed E-state index contributed by atoms with van der Waals surface area (Å²) in [4.78, 5) is 16.9. The molecule has 1 N–H and O–H groups in total. The minimum absolute atomic E-state index is 0.0641. The topological polar surface area (TPSA) is 156 Å². The zero-order valence-electron chi connectivity index (χ0n) is 20.2.